The molecule has 0 saturated carbocycles. The highest BCUT2D eigenvalue weighted by Crippen LogP contribution is 2.26. The maximum Gasteiger partial charge on any atom is 0.333 e. The number of aromatic nitrogens is 1. The van der Waals surface area contributed by atoms with Crippen LogP contribution in [-0.2, 0) is 11.3 Å². The first kappa shape index (κ1) is 19.9. The number of thiazole rings is 1. The fourth-order valence-electron chi connectivity index (χ4n) is 2.66. The Morgan fingerprint density at radius 3 is 2.82 bits per heavy atom. The Balaban J connectivity index is 1.49. The van der Waals surface area contributed by atoms with Crippen molar-refractivity contribution < 1.29 is 19.1 Å². The summed E-state index contributed by atoms with van der Waals surface area (Å²) in [5, 5.41) is 3.46. The summed E-state index contributed by atoms with van der Waals surface area (Å²) in [4.78, 5) is 31.3. The second kappa shape index (κ2) is 9.38. The first-order valence-corrected chi connectivity index (χ1v) is 9.65. The molecule has 3 rings (SSSR count). The summed E-state index contributed by atoms with van der Waals surface area (Å²) in [7, 11) is 1.58. The van der Waals surface area contributed by atoms with Crippen LogP contribution in [-0.4, -0.2) is 50.3 Å². The van der Waals surface area contributed by atoms with Crippen LogP contribution in [0.2, 0.25) is 0 Å². The molecule has 1 saturated heterocycles. The second-order valence-corrected chi connectivity index (χ2v) is 7.10. The number of hydrazine groups is 1. The molecule has 2 aromatic rings. The van der Waals surface area contributed by atoms with Gasteiger partial charge in [-0.15, -0.1) is 0 Å². The molecule has 1 fully saturated rings. The number of morpholine rings is 1. The maximum atomic E-state index is 12.4. The fraction of sp³-hybridized carbons (Fsp3) is 0.389. The van der Waals surface area contributed by atoms with Gasteiger partial charge in [0.15, 0.2) is 5.13 Å². The monoisotopic (exact) mass is 405 g/mol. The van der Waals surface area contributed by atoms with E-state index in [-0.39, 0.29) is 0 Å². The van der Waals surface area contributed by atoms with E-state index in [1.807, 2.05) is 24.3 Å². The van der Waals surface area contributed by atoms with Crippen LogP contribution < -0.4 is 25.8 Å². The van der Waals surface area contributed by atoms with Crippen molar-refractivity contribution in [3.8, 4) is 5.75 Å². The summed E-state index contributed by atoms with van der Waals surface area (Å²) >= 11 is 1.30. The van der Waals surface area contributed by atoms with E-state index < -0.39 is 11.9 Å². The minimum Gasteiger partial charge on any atom is -0.497 e. The number of aryl methyl sites for hydroxylation is 1. The summed E-state index contributed by atoms with van der Waals surface area (Å²) in [5.74, 6) is 0.316. The zero-order valence-electron chi connectivity index (χ0n) is 15.8. The smallest absolute Gasteiger partial charge is 0.333 e. The number of carbonyl (C=O) groups is 2. The van der Waals surface area contributed by atoms with Gasteiger partial charge in [0.1, 0.15) is 10.6 Å². The van der Waals surface area contributed by atoms with E-state index in [4.69, 9.17) is 9.47 Å². The Bertz CT molecular complexity index is 835. The van der Waals surface area contributed by atoms with Crippen molar-refractivity contribution in [1.82, 2.24) is 21.2 Å². The van der Waals surface area contributed by atoms with E-state index in [2.05, 4.69) is 26.1 Å². The van der Waals surface area contributed by atoms with E-state index in [0.717, 1.165) is 23.8 Å². The highest BCUT2D eigenvalue weighted by Gasteiger charge is 2.20. The molecule has 1 aromatic carbocycles. The van der Waals surface area contributed by atoms with E-state index in [9.17, 15) is 9.59 Å². The molecule has 0 aliphatic carbocycles. The van der Waals surface area contributed by atoms with E-state index >= 15 is 0 Å². The molecular formula is C18H23N5O4S. The third-order valence-corrected chi connectivity index (χ3v) is 5.37. The van der Waals surface area contributed by atoms with Crippen molar-refractivity contribution in [3.63, 3.8) is 0 Å². The first-order valence-electron chi connectivity index (χ1n) is 8.84. The lowest BCUT2D eigenvalue weighted by molar-refractivity contribution is 0.0939. The summed E-state index contributed by atoms with van der Waals surface area (Å²) < 4.78 is 10.5. The predicted molar refractivity (Wildman–Crippen MR) is 106 cm³/mol. The quantitative estimate of drug-likeness (QED) is 0.650. The molecule has 28 heavy (non-hydrogen) atoms. The predicted octanol–water partition coefficient (Wildman–Crippen LogP) is 1.44. The van der Waals surface area contributed by atoms with Crippen LogP contribution in [0.15, 0.2) is 24.3 Å². The SMILES string of the molecule is COc1cccc(CNC(=O)NNC(=O)c2sc(N3CCOCC3)nc2C)c1. The molecule has 0 bridgehead atoms. The molecule has 10 heteroatoms. The highest BCUT2D eigenvalue weighted by atomic mass is 32.1. The molecule has 1 aliphatic rings. The third-order valence-electron chi connectivity index (χ3n) is 4.15. The lowest BCUT2D eigenvalue weighted by atomic mass is 10.2. The second-order valence-electron chi connectivity index (χ2n) is 6.12. The highest BCUT2D eigenvalue weighted by molar-refractivity contribution is 7.17. The van der Waals surface area contributed by atoms with Crippen LogP contribution in [0.1, 0.15) is 20.9 Å². The van der Waals surface area contributed by atoms with Crippen molar-refractivity contribution in [2.24, 2.45) is 0 Å². The van der Waals surface area contributed by atoms with Gasteiger partial charge in [0.25, 0.3) is 5.91 Å². The van der Waals surface area contributed by atoms with Crippen molar-refractivity contribution in [2.75, 3.05) is 38.3 Å². The summed E-state index contributed by atoms with van der Waals surface area (Å²) in [6, 6.07) is 6.86. The normalized spacial score (nSPS) is 13.7. The van der Waals surface area contributed by atoms with Gasteiger partial charge in [0, 0.05) is 19.6 Å². The number of methoxy groups -OCH3 is 1. The van der Waals surface area contributed by atoms with E-state index in [0.29, 0.717) is 36.1 Å². The lowest BCUT2D eigenvalue weighted by Crippen LogP contribution is -2.46. The number of nitrogens with zero attached hydrogens (tertiary/aromatic N) is 2. The van der Waals surface area contributed by atoms with Gasteiger partial charge in [-0.05, 0) is 24.6 Å². The van der Waals surface area contributed by atoms with Gasteiger partial charge in [-0.25, -0.2) is 15.2 Å². The number of carbonyl (C=O) groups excluding carboxylic acids is 2. The van der Waals surface area contributed by atoms with Gasteiger partial charge in [0.05, 0.1) is 26.0 Å². The molecule has 2 heterocycles. The fourth-order valence-corrected chi connectivity index (χ4v) is 3.68. The molecule has 0 unspecified atom stereocenters. The maximum absolute atomic E-state index is 12.4. The van der Waals surface area contributed by atoms with Crippen LogP contribution >= 0.6 is 11.3 Å². The molecule has 1 aromatic heterocycles. The number of hydrogen-bond acceptors (Lipinski definition) is 7. The molecule has 3 amide bonds. The minimum absolute atomic E-state index is 0.305. The van der Waals surface area contributed by atoms with Crippen LogP contribution in [0.4, 0.5) is 9.93 Å². The van der Waals surface area contributed by atoms with Crippen molar-refractivity contribution in [3.05, 3.63) is 40.4 Å². The van der Waals surface area contributed by atoms with E-state index in [1.165, 1.54) is 11.3 Å². The standard InChI is InChI=1S/C18H23N5O4S/c1-12-15(28-18(20-12)23-6-8-27-9-7-23)16(24)21-22-17(25)19-11-13-4-3-5-14(10-13)26-2/h3-5,10H,6-9,11H2,1-2H3,(H,21,24)(H2,19,22,25). The minimum atomic E-state index is -0.508. The zero-order chi connectivity index (χ0) is 19.9. The third kappa shape index (κ3) is 5.11. The Hall–Kier alpha value is -2.85. The van der Waals surface area contributed by atoms with Gasteiger partial charge >= 0.3 is 6.03 Å². The number of urea groups is 1. The Labute approximate surface area is 167 Å². The van der Waals surface area contributed by atoms with Crippen molar-refractivity contribution >= 4 is 28.4 Å². The first-order chi connectivity index (χ1) is 13.6. The topological polar surface area (TPSA) is 105 Å². The Morgan fingerprint density at radius 2 is 2.07 bits per heavy atom. The van der Waals surface area contributed by atoms with E-state index in [1.54, 1.807) is 14.0 Å². The van der Waals surface area contributed by atoms with Crippen LogP contribution in [0, 0.1) is 6.92 Å². The number of nitrogens with one attached hydrogen (secondary N) is 3. The molecule has 1 aliphatic heterocycles. The van der Waals surface area contributed by atoms with Crippen molar-refractivity contribution in [2.45, 2.75) is 13.5 Å². The number of benzene rings is 1. The number of anilines is 1. The molecule has 0 atom stereocenters. The van der Waals surface area contributed by atoms with Gasteiger partial charge in [-0.1, -0.05) is 23.5 Å². The molecular weight excluding hydrogens is 382 g/mol. The van der Waals surface area contributed by atoms with Crippen LogP contribution in [0.25, 0.3) is 0 Å². The average Bonchev–Trinajstić information content (AvgIpc) is 3.13. The summed E-state index contributed by atoms with van der Waals surface area (Å²) in [6.45, 7) is 4.88. The van der Waals surface area contributed by atoms with Gasteiger partial charge < -0.3 is 19.7 Å². The van der Waals surface area contributed by atoms with Gasteiger partial charge in [-0.3, -0.25) is 10.2 Å². The van der Waals surface area contributed by atoms with Crippen LogP contribution in [0.3, 0.4) is 0 Å². The number of hydrogen-bond donors (Lipinski definition) is 3. The molecule has 0 radical (unpaired) electrons. The zero-order valence-corrected chi connectivity index (χ0v) is 16.6. The largest absolute Gasteiger partial charge is 0.497 e. The lowest BCUT2D eigenvalue weighted by Gasteiger charge is -2.25. The summed E-state index contributed by atoms with van der Waals surface area (Å²) in [6.07, 6.45) is 0. The molecule has 9 nitrogen and oxygen atoms in total. The van der Waals surface area contributed by atoms with Crippen molar-refractivity contribution in [1.29, 1.82) is 0 Å². The average molecular weight is 405 g/mol. The molecule has 0 spiro atoms. The van der Waals surface area contributed by atoms with Crippen LogP contribution in [0.5, 0.6) is 5.75 Å². The molecule has 150 valence electrons. The van der Waals surface area contributed by atoms with Gasteiger partial charge in [-0.2, -0.15) is 0 Å². The summed E-state index contributed by atoms with van der Waals surface area (Å²) in [5.41, 5.74) is 6.29. The number of amides is 3. The Morgan fingerprint density at radius 1 is 1.29 bits per heavy atom. The number of rotatable bonds is 5. The van der Waals surface area contributed by atoms with Gasteiger partial charge in [0.2, 0.25) is 0 Å². The number of ether oxygens (including phenoxy) is 2. The molecule has 3 N–H and O–H groups in total. The Kier molecular flexibility index (Phi) is 6.66.